The van der Waals surface area contributed by atoms with Crippen LogP contribution in [0.1, 0.15) is 0 Å². The molecule has 0 fully saturated rings. The zero-order valence-corrected chi connectivity index (χ0v) is 49.4. The normalized spacial score (nSPS) is 12.2. The van der Waals surface area contributed by atoms with Crippen LogP contribution in [0.3, 0.4) is 0 Å². The fourth-order valence-corrected chi connectivity index (χ4v) is 15.9. The molecule has 0 saturated carbocycles. The maximum Gasteiger partial charge on any atom is 0.135 e. The van der Waals surface area contributed by atoms with E-state index in [2.05, 4.69) is 303 Å². The van der Waals surface area contributed by atoms with Gasteiger partial charge in [0, 0.05) is 10.8 Å². The lowest BCUT2D eigenvalue weighted by molar-refractivity contribution is 0.669. The highest BCUT2D eigenvalue weighted by molar-refractivity contribution is 6.32. The largest absolute Gasteiger partial charge is 0.456 e. The topological polar surface area (TPSA) is 13.1 Å². The van der Waals surface area contributed by atoms with Gasteiger partial charge in [0.15, 0.2) is 0 Å². The smallest absolute Gasteiger partial charge is 0.135 e. The van der Waals surface area contributed by atoms with Crippen molar-refractivity contribution in [2.24, 2.45) is 0 Å². The molecule has 20 rings (SSSR count). The first-order valence-electron chi connectivity index (χ1n) is 31.6. The maximum absolute atomic E-state index is 6.15. The van der Waals surface area contributed by atoms with E-state index in [1.165, 1.54) is 187 Å². The molecule has 0 bridgehead atoms. The fourth-order valence-electron chi connectivity index (χ4n) is 15.9. The summed E-state index contributed by atoms with van der Waals surface area (Å²) in [4.78, 5) is 0. The Bertz CT molecular complexity index is 6160. The highest BCUT2D eigenvalue weighted by Crippen LogP contribution is 2.56. The lowest BCUT2D eigenvalue weighted by Crippen LogP contribution is -1.89. The molecular weight excluding hydrogens is 1100 g/mol. The van der Waals surface area contributed by atoms with E-state index in [-0.39, 0.29) is 0 Å². The Morgan fingerprint density at radius 2 is 0.615 bits per heavy atom. The Morgan fingerprint density at radius 3 is 1.38 bits per heavy atom. The summed E-state index contributed by atoms with van der Waals surface area (Å²) in [6.07, 6.45) is 0. The number of fused-ring (bicyclic) bond motifs is 17. The average Bonchev–Trinajstić information content (AvgIpc) is 1.59. The molecule has 18 aromatic rings. The van der Waals surface area contributed by atoms with Crippen molar-refractivity contribution in [3.8, 4) is 122 Å². The third-order valence-electron chi connectivity index (χ3n) is 20.1. The third kappa shape index (κ3) is 7.53. The summed E-state index contributed by atoms with van der Waals surface area (Å²) in [6.45, 7) is 0. The van der Waals surface area contributed by atoms with Crippen LogP contribution in [0.4, 0.5) is 0 Å². The standard InChI is InChI=1S/C90H52O/c1-2-13-56(14-3-1)81-52-64(49-65-48-63(37-39-68(65)81)67-43-44-79-86-69-18-5-4-15-57(69)35-40-76(86)75-24-11-22-73(67)87(75)79)60-17-10-16-59(47-60)53-27-29-54(30-28-53)61-36-41-77-82(50-61)70-19-6-7-21-74(70)89-78-25-12-23-72-66(42-45-80(88(72)78)90(77)89)58-33-31-55(32-34-58)62-38-46-85-83(51-62)71-20-8-9-26-84(71)91-85/h1-52H. The van der Waals surface area contributed by atoms with Crippen molar-refractivity contribution in [2.45, 2.75) is 0 Å². The summed E-state index contributed by atoms with van der Waals surface area (Å²) < 4.78 is 6.15. The van der Waals surface area contributed by atoms with Gasteiger partial charge >= 0.3 is 0 Å². The highest BCUT2D eigenvalue weighted by atomic mass is 16.3. The van der Waals surface area contributed by atoms with Gasteiger partial charge in [0.1, 0.15) is 11.2 Å². The van der Waals surface area contributed by atoms with Crippen LogP contribution in [0.25, 0.3) is 209 Å². The first-order valence-corrected chi connectivity index (χ1v) is 31.6. The van der Waals surface area contributed by atoms with Gasteiger partial charge in [-0.25, -0.2) is 0 Å². The molecule has 0 saturated heterocycles. The zero-order chi connectivity index (χ0) is 59.4. The Morgan fingerprint density at radius 1 is 0.154 bits per heavy atom. The van der Waals surface area contributed by atoms with E-state index in [4.69, 9.17) is 4.42 Å². The quantitative estimate of drug-likeness (QED) is 0.145. The van der Waals surface area contributed by atoms with Crippen LogP contribution in [-0.2, 0) is 0 Å². The number of furan rings is 1. The van der Waals surface area contributed by atoms with Crippen molar-refractivity contribution in [2.75, 3.05) is 0 Å². The summed E-state index contributed by atoms with van der Waals surface area (Å²) in [5, 5.41) is 17.7. The minimum atomic E-state index is 0.915. The van der Waals surface area contributed by atoms with Crippen LogP contribution in [0.5, 0.6) is 0 Å². The summed E-state index contributed by atoms with van der Waals surface area (Å²) in [6, 6.07) is 118. The molecule has 91 heavy (non-hydrogen) atoms. The third-order valence-corrected chi connectivity index (χ3v) is 20.1. The van der Waals surface area contributed by atoms with Crippen LogP contribution < -0.4 is 0 Å². The molecule has 1 heterocycles. The number of para-hydroxylation sites is 1. The molecule has 0 atom stereocenters. The van der Waals surface area contributed by atoms with Gasteiger partial charge in [0.2, 0.25) is 0 Å². The van der Waals surface area contributed by atoms with Crippen molar-refractivity contribution in [3.63, 3.8) is 0 Å². The first-order chi connectivity index (χ1) is 45.1. The molecule has 2 aliphatic rings. The Balaban J connectivity index is 0.633. The monoisotopic (exact) mass is 1150 g/mol. The second-order valence-corrected chi connectivity index (χ2v) is 24.9. The SMILES string of the molecule is c1ccc(-c2cc(-c3cccc(-c4ccc(-c5ccc6c7c(c8ccccc8c6c5)-c5cccc6c(-c8ccc(-c9ccc%10oc%11ccccc%11c%10c9)cc8)ccc-7c56)cc4)c3)cc3cc(-c4ccc5c6c(cccc46)-c4ccc6ccccc6c4-5)ccc23)cc1. The van der Waals surface area contributed by atoms with E-state index in [0.717, 1.165) is 21.9 Å². The molecule has 0 unspecified atom stereocenters. The van der Waals surface area contributed by atoms with Gasteiger partial charge in [0.05, 0.1) is 0 Å². The van der Waals surface area contributed by atoms with Gasteiger partial charge in [-0.15, -0.1) is 0 Å². The fraction of sp³-hybridized carbons (Fsp3) is 0. The minimum absolute atomic E-state index is 0.915. The van der Waals surface area contributed by atoms with Crippen LogP contribution >= 0.6 is 0 Å². The molecule has 418 valence electrons. The van der Waals surface area contributed by atoms with Crippen molar-refractivity contribution in [3.05, 3.63) is 315 Å². The minimum Gasteiger partial charge on any atom is -0.456 e. The molecule has 0 radical (unpaired) electrons. The van der Waals surface area contributed by atoms with E-state index in [1.54, 1.807) is 0 Å². The van der Waals surface area contributed by atoms with Crippen LogP contribution in [0.15, 0.2) is 320 Å². The molecule has 1 nitrogen and oxygen atoms in total. The molecule has 1 heteroatoms. The van der Waals surface area contributed by atoms with Crippen molar-refractivity contribution in [1.29, 1.82) is 0 Å². The van der Waals surface area contributed by atoms with E-state index >= 15 is 0 Å². The number of rotatable bonds is 7. The van der Waals surface area contributed by atoms with Crippen LogP contribution in [0.2, 0.25) is 0 Å². The van der Waals surface area contributed by atoms with Gasteiger partial charge in [0.25, 0.3) is 0 Å². The Labute approximate surface area is 525 Å². The summed E-state index contributed by atoms with van der Waals surface area (Å²) in [5.74, 6) is 0. The Hall–Kier alpha value is -11.9. The second-order valence-electron chi connectivity index (χ2n) is 24.9. The molecule has 0 amide bonds. The molecule has 1 aromatic heterocycles. The number of hydrogen-bond acceptors (Lipinski definition) is 1. The lowest BCUT2D eigenvalue weighted by atomic mass is 9.88. The Kier molecular flexibility index (Phi) is 10.6. The van der Waals surface area contributed by atoms with Crippen molar-refractivity contribution in [1.82, 2.24) is 0 Å². The molecule has 2 aliphatic carbocycles. The molecule has 0 N–H and O–H groups in total. The van der Waals surface area contributed by atoms with E-state index < -0.39 is 0 Å². The molecule has 0 aliphatic heterocycles. The summed E-state index contributed by atoms with van der Waals surface area (Å²) >= 11 is 0. The molecular formula is C90H52O. The van der Waals surface area contributed by atoms with Gasteiger partial charge in [-0.1, -0.05) is 267 Å². The predicted octanol–water partition coefficient (Wildman–Crippen LogP) is 25.5. The van der Waals surface area contributed by atoms with Crippen LogP contribution in [-0.4, -0.2) is 0 Å². The average molecular weight is 1150 g/mol. The van der Waals surface area contributed by atoms with Gasteiger partial charge < -0.3 is 4.42 Å². The van der Waals surface area contributed by atoms with E-state index in [9.17, 15) is 0 Å². The van der Waals surface area contributed by atoms with Crippen LogP contribution in [0, 0.1) is 0 Å². The first kappa shape index (κ1) is 50.1. The highest BCUT2D eigenvalue weighted by Gasteiger charge is 2.29. The van der Waals surface area contributed by atoms with Crippen molar-refractivity contribution >= 4 is 86.6 Å². The second kappa shape index (κ2) is 19.3. The molecule has 0 spiro atoms. The summed E-state index contributed by atoms with van der Waals surface area (Å²) in [5.41, 5.74) is 29.3. The summed E-state index contributed by atoms with van der Waals surface area (Å²) in [7, 11) is 0. The number of hydrogen-bond donors (Lipinski definition) is 0. The van der Waals surface area contributed by atoms with Gasteiger partial charge in [-0.2, -0.15) is 0 Å². The van der Waals surface area contributed by atoms with E-state index in [0.29, 0.717) is 0 Å². The van der Waals surface area contributed by atoms with E-state index in [1.807, 2.05) is 12.1 Å². The number of benzene rings is 17. The lowest BCUT2D eigenvalue weighted by Gasteiger charge is -2.15. The maximum atomic E-state index is 6.15. The molecule has 17 aromatic carbocycles. The zero-order valence-electron chi connectivity index (χ0n) is 49.4. The van der Waals surface area contributed by atoms with Gasteiger partial charge in [-0.3, -0.25) is 0 Å². The predicted molar refractivity (Wildman–Crippen MR) is 386 cm³/mol. The van der Waals surface area contributed by atoms with Gasteiger partial charge in [-0.05, 0) is 236 Å². The van der Waals surface area contributed by atoms with Crippen molar-refractivity contribution < 1.29 is 4.42 Å².